The third-order valence-corrected chi connectivity index (χ3v) is 5.72. The minimum absolute atomic E-state index is 0.0874. The quantitative estimate of drug-likeness (QED) is 0.386. The van der Waals surface area contributed by atoms with Crippen molar-refractivity contribution in [3.8, 4) is 0 Å². The van der Waals surface area contributed by atoms with E-state index in [2.05, 4.69) is 44.3 Å². The van der Waals surface area contributed by atoms with Crippen LogP contribution in [0.4, 0.5) is 4.79 Å². The molecule has 1 saturated heterocycles. The molecule has 3 heterocycles. The van der Waals surface area contributed by atoms with Gasteiger partial charge in [-0.3, -0.25) is 20.4 Å². The second-order valence-corrected chi connectivity index (χ2v) is 8.81. The predicted molar refractivity (Wildman–Crippen MR) is 118 cm³/mol. The van der Waals surface area contributed by atoms with Crippen LogP contribution in [-0.2, 0) is 9.68 Å². The Morgan fingerprint density at radius 2 is 2.09 bits per heavy atom. The summed E-state index contributed by atoms with van der Waals surface area (Å²) < 4.78 is 0. The lowest BCUT2D eigenvalue weighted by Crippen LogP contribution is -2.53. The summed E-state index contributed by atoms with van der Waals surface area (Å²) in [6.45, 7) is 8.33. The Hall–Kier alpha value is -2.79. The van der Waals surface area contributed by atoms with Crippen LogP contribution in [0.3, 0.4) is 0 Å². The first-order valence-corrected chi connectivity index (χ1v) is 11.0. The number of aliphatic imine (C=N–C) groups is 1. The van der Waals surface area contributed by atoms with Gasteiger partial charge in [0.15, 0.2) is 5.96 Å². The van der Waals surface area contributed by atoms with E-state index in [9.17, 15) is 9.59 Å². The monoisotopic (exact) mass is 447 g/mol. The normalized spacial score (nSPS) is 18.9. The maximum Gasteiger partial charge on any atom is 0.320 e. The van der Waals surface area contributed by atoms with Crippen LogP contribution in [0.5, 0.6) is 0 Å². The fourth-order valence-corrected chi connectivity index (χ4v) is 3.90. The van der Waals surface area contributed by atoms with E-state index in [0.717, 1.165) is 12.0 Å². The predicted octanol–water partition coefficient (Wildman–Crippen LogP) is 1.47. The number of rotatable bonds is 9. The molecule has 1 aromatic heterocycles. The third kappa shape index (κ3) is 6.36. The lowest BCUT2D eigenvalue weighted by atomic mass is 10.00. The van der Waals surface area contributed by atoms with Crippen LogP contribution in [0.1, 0.15) is 57.0 Å². The van der Waals surface area contributed by atoms with Gasteiger partial charge in [0.05, 0.1) is 12.6 Å². The lowest BCUT2D eigenvalue weighted by molar-refractivity contribution is -0.244. The van der Waals surface area contributed by atoms with Crippen molar-refractivity contribution >= 4 is 17.9 Å². The molecular weight excluding hydrogens is 414 g/mol. The van der Waals surface area contributed by atoms with Gasteiger partial charge in [-0.2, -0.15) is 0 Å². The summed E-state index contributed by atoms with van der Waals surface area (Å²) in [7, 11) is 0. The first-order valence-electron chi connectivity index (χ1n) is 11.0. The van der Waals surface area contributed by atoms with Gasteiger partial charge in [0.1, 0.15) is 5.82 Å². The summed E-state index contributed by atoms with van der Waals surface area (Å²) in [6.07, 6.45) is 5.61. The first-order chi connectivity index (χ1) is 15.3. The van der Waals surface area contributed by atoms with Crippen LogP contribution < -0.4 is 10.6 Å². The molecule has 1 fully saturated rings. The number of carbonyl (C=O) groups excluding carboxylic acids is 2. The number of aromatic nitrogens is 2. The molecule has 0 spiro atoms. The Kier molecular flexibility index (Phi) is 7.97. The van der Waals surface area contributed by atoms with E-state index < -0.39 is 0 Å². The average Bonchev–Trinajstić information content (AvgIpc) is 3.09. The van der Waals surface area contributed by atoms with E-state index in [-0.39, 0.29) is 30.1 Å². The SMILES string of the molecule is Cc1ncc(C(CCOO)N2CCN(CCCC(=O)NC3=NCCC(C)(C)N3)C2=O)cn1. The van der Waals surface area contributed by atoms with Gasteiger partial charge in [-0.05, 0) is 40.0 Å². The van der Waals surface area contributed by atoms with Crippen LogP contribution in [0.2, 0.25) is 0 Å². The number of nitrogens with one attached hydrogen (secondary N) is 2. The summed E-state index contributed by atoms with van der Waals surface area (Å²) in [4.78, 5) is 45.8. The van der Waals surface area contributed by atoms with Crippen molar-refractivity contribution < 1.29 is 19.7 Å². The standard InChI is InChI=1S/C21H33N7O4/c1-15-23-13-16(14-24-15)17(6-12-32-31)28-11-10-27(20(28)30)9-4-5-18(29)25-19-22-8-7-21(2,3)26-19/h13-14,17,31H,4-12H2,1-3H3,(H2,22,25,26,29). The van der Waals surface area contributed by atoms with Crippen LogP contribution in [-0.4, -0.2) is 81.2 Å². The molecule has 176 valence electrons. The Labute approximate surface area is 188 Å². The molecule has 11 heteroatoms. The van der Waals surface area contributed by atoms with Gasteiger partial charge in [0.2, 0.25) is 5.91 Å². The number of aryl methyl sites for hydroxylation is 1. The zero-order valence-electron chi connectivity index (χ0n) is 19.0. The summed E-state index contributed by atoms with van der Waals surface area (Å²) in [5.74, 6) is 1.05. The van der Waals surface area contributed by atoms with Gasteiger partial charge in [-0.25, -0.2) is 19.7 Å². The summed E-state index contributed by atoms with van der Waals surface area (Å²) in [6, 6.07) is -0.392. The average molecular weight is 448 g/mol. The molecule has 3 rings (SSSR count). The van der Waals surface area contributed by atoms with E-state index in [1.807, 2.05) is 0 Å². The Bertz CT molecular complexity index is 828. The van der Waals surface area contributed by atoms with Crippen molar-refractivity contribution in [1.82, 2.24) is 30.4 Å². The van der Waals surface area contributed by atoms with E-state index in [4.69, 9.17) is 5.26 Å². The molecule has 0 bridgehead atoms. The topological polar surface area (TPSA) is 132 Å². The van der Waals surface area contributed by atoms with E-state index in [1.54, 1.807) is 29.1 Å². The molecule has 11 nitrogen and oxygen atoms in total. The van der Waals surface area contributed by atoms with E-state index >= 15 is 0 Å². The summed E-state index contributed by atoms with van der Waals surface area (Å²) in [5.41, 5.74) is 0.710. The molecule has 3 amide bonds. The zero-order chi connectivity index (χ0) is 23.1. The second kappa shape index (κ2) is 10.7. The van der Waals surface area contributed by atoms with Gasteiger partial charge in [0, 0.05) is 56.1 Å². The van der Waals surface area contributed by atoms with Crippen molar-refractivity contribution in [2.24, 2.45) is 4.99 Å². The molecule has 0 aromatic carbocycles. The maximum absolute atomic E-state index is 13.0. The van der Waals surface area contributed by atoms with E-state index in [0.29, 0.717) is 57.2 Å². The molecule has 0 aliphatic carbocycles. The number of nitrogens with zero attached hydrogens (tertiary/aromatic N) is 5. The highest BCUT2D eigenvalue weighted by molar-refractivity contribution is 5.97. The molecule has 2 aliphatic heterocycles. The molecule has 0 radical (unpaired) electrons. The number of amides is 3. The first kappa shape index (κ1) is 23.9. The molecule has 0 saturated carbocycles. The largest absolute Gasteiger partial charge is 0.351 e. The van der Waals surface area contributed by atoms with Gasteiger partial charge in [0.25, 0.3) is 0 Å². The number of hydrogen-bond acceptors (Lipinski definition) is 8. The Morgan fingerprint density at radius 3 is 2.78 bits per heavy atom. The Balaban J connectivity index is 1.50. The highest BCUT2D eigenvalue weighted by Crippen LogP contribution is 2.27. The minimum Gasteiger partial charge on any atom is -0.351 e. The van der Waals surface area contributed by atoms with Crippen LogP contribution in [0.25, 0.3) is 0 Å². The fourth-order valence-electron chi connectivity index (χ4n) is 3.90. The maximum atomic E-state index is 13.0. The summed E-state index contributed by atoms with van der Waals surface area (Å²) >= 11 is 0. The molecule has 1 atom stereocenters. The molecule has 2 aliphatic rings. The van der Waals surface area contributed by atoms with Crippen molar-refractivity contribution in [1.29, 1.82) is 0 Å². The fraction of sp³-hybridized carbons (Fsp3) is 0.667. The molecule has 32 heavy (non-hydrogen) atoms. The molecule has 3 N–H and O–H groups in total. The van der Waals surface area contributed by atoms with Crippen molar-refractivity contribution in [3.05, 3.63) is 23.8 Å². The smallest absolute Gasteiger partial charge is 0.320 e. The molecule has 1 aromatic rings. The van der Waals surface area contributed by atoms with Crippen molar-refractivity contribution in [3.63, 3.8) is 0 Å². The number of guanidine groups is 1. The van der Waals surface area contributed by atoms with Gasteiger partial charge in [-0.15, -0.1) is 0 Å². The zero-order valence-corrected chi connectivity index (χ0v) is 19.0. The number of hydrogen-bond donors (Lipinski definition) is 3. The van der Waals surface area contributed by atoms with Gasteiger partial charge < -0.3 is 15.1 Å². The van der Waals surface area contributed by atoms with Crippen LogP contribution in [0, 0.1) is 6.92 Å². The van der Waals surface area contributed by atoms with Gasteiger partial charge >= 0.3 is 6.03 Å². The third-order valence-electron chi connectivity index (χ3n) is 5.72. The number of carbonyl (C=O) groups is 2. The minimum atomic E-state index is -0.290. The van der Waals surface area contributed by atoms with Crippen molar-refractivity contribution in [2.75, 3.05) is 32.8 Å². The van der Waals surface area contributed by atoms with Crippen LogP contribution in [0.15, 0.2) is 17.4 Å². The lowest BCUT2D eigenvalue weighted by Gasteiger charge is -2.31. The van der Waals surface area contributed by atoms with Crippen molar-refractivity contribution in [2.45, 2.75) is 58.0 Å². The Morgan fingerprint density at radius 1 is 1.34 bits per heavy atom. The molecule has 1 unspecified atom stereocenters. The molecular formula is C21H33N7O4. The van der Waals surface area contributed by atoms with Crippen LogP contribution >= 0.6 is 0 Å². The highest BCUT2D eigenvalue weighted by Gasteiger charge is 2.34. The second-order valence-electron chi connectivity index (χ2n) is 8.81. The summed E-state index contributed by atoms with van der Waals surface area (Å²) in [5, 5.41) is 14.8. The highest BCUT2D eigenvalue weighted by atomic mass is 17.1. The number of urea groups is 1. The van der Waals surface area contributed by atoms with E-state index in [1.165, 1.54) is 0 Å². The van der Waals surface area contributed by atoms with Gasteiger partial charge in [-0.1, -0.05) is 0 Å².